The van der Waals surface area contributed by atoms with Crippen LogP contribution in [-0.2, 0) is 7.05 Å². The summed E-state index contributed by atoms with van der Waals surface area (Å²) in [6.45, 7) is 3.80. The van der Waals surface area contributed by atoms with E-state index in [2.05, 4.69) is 25.2 Å². The van der Waals surface area contributed by atoms with Crippen LogP contribution < -0.4 is 0 Å². The number of aromatic amines is 1. The van der Waals surface area contributed by atoms with Crippen molar-refractivity contribution in [2.24, 2.45) is 7.05 Å². The van der Waals surface area contributed by atoms with Gasteiger partial charge in [-0.15, -0.1) is 0 Å². The van der Waals surface area contributed by atoms with Gasteiger partial charge in [-0.2, -0.15) is 10.1 Å². The fourth-order valence-electron chi connectivity index (χ4n) is 1.78. The highest BCUT2D eigenvalue weighted by atomic mass is 16.5. The van der Waals surface area contributed by atoms with Crippen LogP contribution in [0.5, 0.6) is 0 Å². The topological polar surface area (TPSA) is 85.4 Å². The van der Waals surface area contributed by atoms with Gasteiger partial charge in [-0.25, -0.2) is 4.98 Å². The molecule has 7 nitrogen and oxygen atoms in total. The Morgan fingerprint density at radius 3 is 2.72 bits per heavy atom. The van der Waals surface area contributed by atoms with Gasteiger partial charge in [-0.1, -0.05) is 5.16 Å². The molecular weight excluding hydrogens is 232 g/mol. The molecule has 0 saturated heterocycles. The van der Waals surface area contributed by atoms with E-state index in [1.165, 1.54) is 0 Å². The second-order valence-electron chi connectivity index (χ2n) is 4.09. The van der Waals surface area contributed by atoms with Gasteiger partial charge in [-0.05, 0) is 19.9 Å². The minimum Gasteiger partial charge on any atom is -0.346 e. The maximum Gasteiger partial charge on any atom is 0.278 e. The van der Waals surface area contributed by atoms with Crippen LogP contribution in [0.1, 0.15) is 11.5 Å². The van der Waals surface area contributed by atoms with Crippen LogP contribution in [0.2, 0.25) is 0 Å². The molecule has 0 radical (unpaired) electrons. The summed E-state index contributed by atoms with van der Waals surface area (Å²) >= 11 is 0. The highest BCUT2D eigenvalue weighted by Gasteiger charge is 2.16. The largest absolute Gasteiger partial charge is 0.346 e. The summed E-state index contributed by atoms with van der Waals surface area (Å²) in [5, 5.41) is 8.13. The lowest BCUT2D eigenvalue weighted by atomic mass is 10.3. The molecule has 18 heavy (non-hydrogen) atoms. The SMILES string of the molecule is Cc1nc(-c2nc(-c3ccn(C)n3)no2)c(C)[nH]1. The lowest BCUT2D eigenvalue weighted by molar-refractivity contribution is 0.430. The predicted octanol–water partition coefficient (Wildman–Crippen LogP) is 1.48. The zero-order valence-corrected chi connectivity index (χ0v) is 10.3. The zero-order valence-electron chi connectivity index (χ0n) is 10.3. The zero-order chi connectivity index (χ0) is 12.7. The van der Waals surface area contributed by atoms with Gasteiger partial charge in [-0.3, -0.25) is 4.68 Å². The van der Waals surface area contributed by atoms with Gasteiger partial charge in [0.25, 0.3) is 5.89 Å². The highest BCUT2D eigenvalue weighted by molar-refractivity contribution is 5.55. The summed E-state index contributed by atoms with van der Waals surface area (Å²) in [6, 6.07) is 1.83. The molecule has 0 spiro atoms. The van der Waals surface area contributed by atoms with E-state index in [0.29, 0.717) is 23.1 Å². The van der Waals surface area contributed by atoms with E-state index in [-0.39, 0.29) is 0 Å². The first-order valence-corrected chi connectivity index (χ1v) is 5.51. The van der Waals surface area contributed by atoms with Crippen LogP contribution >= 0.6 is 0 Å². The average Bonchev–Trinajstić information content (AvgIpc) is 2.98. The van der Waals surface area contributed by atoms with Crippen molar-refractivity contribution >= 4 is 0 Å². The third kappa shape index (κ3) is 1.69. The molecule has 0 aliphatic rings. The summed E-state index contributed by atoms with van der Waals surface area (Å²) in [4.78, 5) is 11.7. The van der Waals surface area contributed by atoms with Crippen molar-refractivity contribution in [1.29, 1.82) is 0 Å². The molecule has 0 saturated carbocycles. The first-order valence-electron chi connectivity index (χ1n) is 5.51. The molecule has 0 atom stereocenters. The van der Waals surface area contributed by atoms with Crippen molar-refractivity contribution < 1.29 is 4.52 Å². The van der Waals surface area contributed by atoms with E-state index < -0.39 is 0 Å². The van der Waals surface area contributed by atoms with Crippen LogP contribution in [0, 0.1) is 13.8 Å². The van der Waals surface area contributed by atoms with Crippen LogP contribution in [0.15, 0.2) is 16.8 Å². The van der Waals surface area contributed by atoms with E-state index in [1.807, 2.05) is 33.2 Å². The van der Waals surface area contributed by atoms with Crippen molar-refractivity contribution in [3.63, 3.8) is 0 Å². The molecule has 3 aromatic heterocycles. The van der Waals surface area contributed by atoms with Crippen molar-refractivity contribution in [2.45, 2.75) is 13.8 Å². The average molecular weight is 244 g/mol. The molecule has 0 amide bonds. The summed E-state index contributed by atoms with van der Waals surface area (Å²) in [7, 11) is 1.84. The highest BCUT2D eigenvalue weighted by Crippen LogP contribution is 2.22. The second kappa shape index (κ2) is 3.80. The minimum absolute atomic E-state index is 0.400. The quantitative estimate of drug-likeness (QED) is 0.737. The molecule has 0 aromatic carbocycles. The third-order valence-electron chi connectivity index (χ3n) is 2.57. The Kier molecular flexibility index (Phi) is 2.26. The lowest BCUT2D eigenvalue weighted by Crippen LogP contribution is -1.89. The molecule has 92 valence electrons. The summed E-state index contributed by atoms with van der Waals surface area (Å²) < 4.78 is 6.91. The van der Waals surface area contributed by atoms with Gasteiger partial charge in [0, 0.05) is 18.9 Å². The van der Waals surface area contributed by atoms with Crippen LogP contribution in [0.3, 0.4) is 0 Å². The first-order chi connectivity index (χ1) is 8.63. The predicted molar refractivity (Wildman–Crippen MR) is 63.6 cm³/mol. The van der Waals surface area contributed by atoms with Crippen LogP contribution in [-0.4, -0.2) is 29.9 Å². The van der Waals surface area contributed by atoms with E-state index >= 15 is 0 Å². The van der Waals surface area contributed by atoms with E-state index in [9.17, 15) is 0 Å². The summed E-state index contributed by atoms with van der Waals surface area (Å²) in [6.07, 6.45) is 1.83. The van der Waals surface area contributed by atoms with Gasteiger partial charge >= 0.3 is 0 Å². The van der Waals surface area contributed by atoms with E-state index in [0.717, 1.165) is 11.5 Å². The number of aryl methyl sites for hydroxylation is 3. The number of hydrogen-bond donors (Lipinski definition) is 1. The fourth-order valence-corrected chi connectivity index (χ4v) is 1.78. The summed E-state index contributed by atoms with van der Waals surface area (Å²) in [5.74, 6) is 1.68. The number of nitrogens with one attached hydrogen (secondary N) is 1. The normalized spacial score (nSPS) is 11.1. The molecule has 3 aromatic rings. The Morgan fingerprint density at radius 2 is 2.11 bits per heavy atom. The smallest absolute Gasteiger partial charge is 0.278 e. The Labute approximate surface area is 103 Å². The molecular formula is C11H12N6O. The number of rotatable bonds is 2. The Hall–Kier alpha value is -2.44. The monoisotopic (exact) mass is 244 g/mol. The van der Waals surface area contributed by atoms with Gasteiger partial charge in [0.05, 0.1) is 0 Å². The molecule has 0 bridgehead atoms. The summed E-state index contributed by atoms with van der Waals surface area (Å²) in [5.41, 5.74) is 2.27. The standard InChI is InChI=1S/C11H12N6O/c1-6-9(13-7(2)12-6)11-14-10(16-18-11)8-4-5-17(3)15-8/h4-5H,1-3H3,(H,12,13). The molecule has 1 N–H and O–H groups in total. The first kappa shape index (κ1) is 10.7. The van der Waals surface area contributed by atoms with Crippen molar-refractivity contribution in [1.82, 2.24) is 29.9 Å². The Balaban J connectivity index is 2.01. The maximum atomic E-state index is 5.22. The Morgan fingerprint density at radius 1 is 1.28 bits per heavy atom. The molecule has 7 heteroatoms. The van der Waals surface area contributed by atoms with Crippen LogP contribution in [0.4, 0.5) is 0 Å². The number of nitrogens with zero attached hydrogens (tertiary/aromatic N) is 5. The molecule has 0 fully saturated rings. The Bertz CT molecular complexity index is 692. The number of hydrogen-bond acceptors (Lipinski definition) is 5. The fraction of sp³-hybridized carbons (Fsp3) is 0.273. The van der Waals surface area contributed by atoms with Crippen molar-refractivity contribution in [3.8, 4) is 23.1 Å². The van der Waals surface area contributed by atoms with Crippen molar-refractivity contribution in [3.05, 3.63) is 23.8 Å². The number of H-pyrrole nitrogens is 1. The van der Waals surface area contributed by atoms with E-state index in [1.54, 1.807) is 4.68 Å². The van der Waals surface area contributed by atoms with Gasteiger partial charge in [0.15, 0.2) is 0 Å². The van der Waals surface area contributed by atoms with Crippen LogP contribution in [0.25, 0.3) is 23.1 Å². The second-order valence-corrected chi connectivity index (χ2v) is 4.09. The minimum atomic E-state index is 0.400. The maximum absolute atomic E-state index is 5.22. The lowest BCUT2D eigenvalue weighted by Gasteiger charge is -1.87. The van der Waals surface area contributed by atoms with Gasteiger partial charge in [0.2, 0.25) is 5.82 Å². The van der Waals surface area contributed by atoms with Gasteiger partial charge in [0.1, 0.15) is 17.2 Å². The molecule has 3 heterocycles. The van der Waals surface area contributed by atoms with Crippen molar-refractivity contribution in [2.75, 3.05) is 0 Å². The number of aromatic nitrogens is 6. The molecule has 0 aliphatic heterocycles. The molecule has 0 unspecified atom stereocenters. The molecule has 3 rings (SSSR count). The third-order valence-corrected chi connectivity index (χ3v) is 2.57. The van der Waals surface area contributed by atoms with E-state index in [4.69, 9.17) is 4.52 Å². The molecule has 0 aliphatic carbocycles. The van der Waals surface area contributed by atoms with Gasteiger partial charge < -0.3 is 9.51 Å². The number of imidazole rings is 1.